The molecular weight excluding hydrogens is 402 g/mol. The molecule has 0 unspecified atom stereocenters. The molecule has 2 fully saturated rings. The summed E-state index contributed by atoms with van der Waals surface area (Å²) in [4.78, 5) is 39.6. The number of nitrogens with zero attached hydrogens (tertiary/aromatic N) is 1. The van der Waals surface area contributed by atoms with Crippen molar-refractivity contribution in [3.8, 4) is 0 Å². The first-order valence-corrected chi connectivity index (χ1v) is 10.4. The number of rotatable bonds is 4. The molecule has 5 nitrogen and oxygen atoms in total. The molecule has 2 aliphatic carbocycles. The van der Waals surface area contributed by atoms with Crippen LogP contribution in [0.5, 0.6) is 0 Å². The molecule has 30 heavy (non-hydrogen) atoms. The average Bonchev–Trinajstić information content (AvgIpc) is 3.37. The molecule has 2 amide bonds. The zero-order valence-electron chi connectivity index (χ0n) is 16.4. The highest BCUT2D eigenvalue weighted by molar-refractivity contribution is 6.30. The summed E-state index contributed by atoms with van der Waals surface area (Å²) in [5.41, 5.74) is 2.88. The molecule has 2 bridgehead atoms. The van der Waals surface area contributed by atoms with Gasteiger partial charge in [-0.1, -0.05) is 35.4 Å². The van der Waals surface area contributed by atoms with Crippen molar-refractivity contribution in [1.82, 2.24) is 0 Å². The SMILES string of the molecule is CC1=C[C@H]2C[C@H]1[C@@H]1C(=O)N(c3ccc(C(=O)OCc4cccc(Cl)c4)cc3)C(=O)[C@H]12. The number of ether oxygens (including phenoxy) is 1. The largest absolute Gasteiger partial charge is 0.457 e. The second kappa shape index (κ2) is 7.10. The number of hydrogen-bond donors (Lipinski definition) is 0. The van der Waals surface area contributed by atoms with Gasteiger partial charge in [0.2, 0.25) is 11.8 Å². The number of imide groups is 1. The van der Waals surface area contributed by atoms with Crippen molar-refractivity contribution >= 4 is 35.1 Å². The van der Waals surface area contributed by atoms with Crippen LogP contribution in [0.2, 0.25) is 5.02 Å². The van der Waals surface area contributed by atoms with Crippen molar-refractivity contribution in [2.24, 2.45) is 23.7 Å². The van der Waals surface area contributed by atoms with E-state index in [2.05, 4.69) is 6.08 Å². The van der Waals surface area contributed by atoms with E-state index < -0.39 is 5.97 Å². The van der Waals surface area contributed by atoms with E-state index in [0.717, 1.165) is 12.0 Å². The summed E-state index contributed by atoms with van der Waals surface area (Å²) in [6, 6.07) is 13.6. The van der Waals surface area contributed by atoms with Gasteiger partial charge in [0.15, 0.2) is 0 Å². The number of halogens is 1. The summed E-state index contributed by atoms with van der Waals surface area (Å²) in [5, 5.41) is 0.580. The topological polar surface area (TPSA) is 63.7 Å². The molecule has 3 aliphatic rings. The first kappa shape index (κ1) is 19.1. The molecule has 2 aromatic carbocycles. The fourth-order valence-corrected chi connectivity index (χ4v) is 5.35. The van der Waals surface area contributed by atoms with Gasteiger partial charge in [-0.3, -0.25) is 14.5 Å². The van der Waals surface area contributed by atoms with Crippen LogP contribution in [0.3, 0.4) is 0 Å². The van der Waals surface area contributed by atoms with Crippen LogP contribution in [0.15, 0.2) is 60.2 Å². The lowest BCUT2D eigenvalue weighted by Crippen LogP contribution is -2.32. The second-order valence-corrected chi connectivity index (χ2v) is 8.67. The van der Waals surface area contributed by atoms with E-state index in [1.165, 1.54) is 10.5 Å². The molecule has 1 aliphatic heterocycles. The highest BCUT2D eigenvalue weighted by Crippen LogP contribution is 2.55. The standard InChI is InChI=1S/C24H20ClNO4/c1-13-9-16-11-19(13)21-20(16)22(27)26(23(21)28)18-7-5-15(6-8-18)24(29)30-12-14-3-2-4-17(25)10-14/h2-10,16,19-21H,11-12H2,1H3/t16-,19+,20-,21-/m0/s1. The molecular formula is C24H20ClNO4. The molecule has 0 N–H and O–H groups in total. The lowest BCUT2D eigenvalue weighted by molar-refractivity contribution is -0.123. The van der Waals surface area contributed by atoms with Gasteiger partial charge in [0.05, 0.1) is 23.1 Å². The van der Waals surface area contributed by atoms with Crippen LogP contribution in [-0.4, -0.2) is 17.8 Å². The van der Waals surface area contributed by atoms with Crippen molar-refractivity contribution in [2.75, 3.05) is 4.90 Å². The Morgan fingerprint density at radius 1 is 1.10 bits per heavy atom. The van der Waals surface area contributed by atoms with Crippen LogP contribution in [0.1, 0.15) is 29.3 Å². The van der Waals surface area contributed by atoms with Crippen LogP contribution in [0.4, 0.5) is 5.69 Å². The van der Waals surface area contributed by atoms with Gasteiger partial charge in [0.25, 0.3) is 0 Å². The number of fused-ring (bicyclic) bond motifs is 5. The van der Waals surface area contributed by atoms with Gasteiger partial charge in [-0.05, 0) is 67.1 Å². The van der Waals surface area contributed by atoms with Crippen LogP contribution in [0, 0.1) is 23.7 Å². The Morgan fingerprint density at radius 2 is 1.83 bits per heavy atom. The molecule has 5 rings (SSSR count). The maximum atomic E-state index is 13.0. The summed E-state index contributed by atoms with van der Waals surface area (Å²) in [7, 11) is 0. The van der Waals surface area contributed by atoms with Gasteiger partial charge in [-0.2, -0.15) is 0 Å². The monoisotopic (exact) mass is 421 g/mol. The van der Waals surface area contributed by atoms with Crippen LogP contribution >= 0.6 is 11.6 Å². The Morgan fingerprint density at radius 3 is 2.57 bits per heavy atom. The fourth-order valence-electron chi connectivity index (χ4n) is 5.13. The molecule has 152 valence electrons. The van der Waals surface area contributed by atoms with E-state index >= 15 is 0 Å². The molecule has 6 heteroatoms. The predicted octanol–water partition coefficient (Wildman–Crippen LogP) is 4.40. The fraction of sp³-hybridized carbons (Fsp3) is 0.292. The van der Waals surface area contributed by atoms with Gasteiger partial charge >= 0.3 is 5.97 Å². The Labute approximate surface area is 179 Å². The van der Waals surface area contributed by atoms with E-state index in [9.17, 15) is 14.4 Å². The first-order chi connectivity index (χ1) is 14.4. The van der Waals surface area contributed by atoms with Gasteiger partial charge in [-0.25, -0.2) is 4.79 Å². The highest BCUT2D eigenvalue weighted by Gasteiger charge is 2.60. The number of carbonyl (C=O) groups excluding carboxylic acids is 3. The van der Waals surface area contributed by atoms with Crippen molar-refractivity contribution in [3.63, 3.8) is 0 Å². The second-order valence-electron chi connectivity index (χ2n) is 8.23. The zero-order valence-corrected chi connectivity index (χ0v) is 17.1. The Balaban J connectivity index is 1.29. The van der Waals surface area contributed by atoms with Crippen LogP contribution in [0.25, 0.3) is 0 Å². The summed E-state index contributed by atoms with van der Waals surface area (Å²) in [6.07, 6.45) is 3.06. The number of benzene rings is 2. The lowest BCUT2D eigenvalue weighted by atomic mass is 9.82. The summed E-state index contributed by atoms with van der Waals surface area (Å²) >= 11 is 5.94. The van der Waals surface area contributed by atoms with Gasteiger partial charge in [0, 0.05) is 5.02 Å². The molecule has 1 saturated carbocycles. The summed E-state index contributed by atoms with van der Waals surface area (Å²) in [5.74, 6) is -0.859. The highest BCUT2D eigenvalue weighted by atomic mass is 35.5. The third-order valence-corrected chi connectivity index (χ3v) is 6.74. The minimum absolute atomic E-state index is 0.114. The molecule has 0 aromatic heterocycles. The van der Waals surface area contributed by atoms with E-state index in [1.807, 2.05) is 13.0 Å². The molecule has 4 atom stereocenters. The van der Waals surface area contributed by atoms with Gasteiger partial charge < -0.3 is 4.74 Å². The average molecular weight is 422 g/mol. The molecule has 0 radical (unpaired) electrons. The number of allylic oxidation sites excluding steroid dienone is 2. The minimum Gasteiger partial charge on any atom is -0.457 e. The number of esters is 1. The number of anilines is 1. The van der Waals surface area contributed by atoms with Crippen molar-refractivity contribution < 1.29 is 19.1 Å². The maximum Gasteiger partial charge on any atom is 0.338 e. The molecule has 1 heterocycles. The Kier molecular flexibility index (Phi) is 4.51. The lowest BCUT2D eigenvalue weighted by Gasteiger charge is -2.19. The molecule has 1 saturated heterocycles. The van der Waals surface area contributed by atoms with E-state index in [1.54, 1.807) is 42.5 Å². The molecule has 0 spiro atoms. The van der Waals surface area contributed by atoms with Crippen LogP contribution < -0.4 is 4.90 Å². The quantitative estimate of drug-likeness (QED) is 0.417. The Bertz CT molecular complexity index is 1090. The Hall–Kier alpha value is -2.92. The number of amides is 2. The van der Waals surface area contributed by atoms with Crippen LogP contribution in [-0.2, 0) is 20.9 Å². The van der Waals surface area contributed by atoms with Crippen molar-refractivity contribution in [3.05, 3.63) is 76.3 Å². The third kappa shape index (κ3) is 2.96. The normalized spacial score (nSPS) is 26.7. The van der Waals surface area contributed by atoms with E-state index in [4.69, 9.17) is 16.3 Å². The van der Waals surface area contributed by atoms with E-state index in [-0.39, 0.29) is 42.1 Å². The minimum atomic E-state index is -0.477. The first-order valence-electron chi connectivity index (χ1n) is 10.0. The van der Waals surface area contributed by atoms with E-state index in [0.29, 0.717) is 16.3 Å². The number of carbonyl (C=O) groups is 3. The molecule has 2 aromatic rings. The van der Waals surface area contributed by atoms with Gasteiger partial charge in [-0.15, -0.1) is 0 Å². The van der Waals surface area contributed by atoms with Gasteiger partial charge in [0.1, 0.15) is 6.61 Å². The third-order valence-electron chi connectivity index (χ3n) is 6.50. The number of hydrogen-bond acceptors (Lipinski definition) is 4. The summed E-state index contributed by atoms with van der Waals surface area (Å²) in [6.45, 7) is 2.16. The summed E-state index contributed by atoms with van der Waals surface area (Å²) < 4.78 is 5.33. The zero-order chi connectivity index (χ0) is 21.0. The van der Waals surface area contributed by atoms with Crippen molar-refractivity contribution in [1.29, 1.82) is 0 Å². The smallest absolute Gasteiger partial charge is 0.338 e. The maximum absolute atomic E-state index is 13.0. The van der Waals surface area contributed by atoms with Crippen molar-refractivity contribution in [2.45, 2.75) is 20.0 Å². The predicted molar refractivity (Wildman–Crippen MR) is 112 cm³/mol.